The van der Waals surface area contributed by atoms with Gasteiger partial charge in [-0.25, -0.2) is 22.2 Å². The van der Waals surface area contributed by atoms with E-state index in [1.165, 1.54) is 5.01 Å². The Labute approximate surface area is 116 Å². The number of rotatable bonds is 3. The van der Waals surface area contributed by atoms with Crippen molar-refractivity contribution < 1.29 is 17.2 Å². The molecule has 1 aromatic carbocycles. The van der Waals surface area contributed by atoms with Crippen molar-refractivity contribution in [1.29, 1.82) is 0 Å². The van der Waals surface area contributed by atoms with Crippen LogP contribution in [0.1, 0.15) is 0 Å². The van der Waals surface area contributed by atoms with Crippen LogP contribution >= 0.6 is 0 Å². The molecule has 20 heavy (non-hydrogen) atoms. The number of hydrogen-bond donors (Lipinski definition) is 2. The van der Waals surface area contributed by atoms with E-state index in [2.05, 4.69) is 4.83 Å². The second-order valence-electron chi connectivity index (χ2n) is 4.69. The maximum atomic E-state index is 13.6. The molecule has 0 unspecified atom stereocenters. The molecule has 1 heterocycles. The Balaban J connectivity index is 2.20. The van der Waals surface area contributed by atoms with Crippen LogP contribution in [0, 0.1) is 11.6 Å². The van der Waals surface area contributed by atoms with Gasteiger partial charge in [0.25, 0.3) is 10.0 Å². The summed E-state index contributed by atoms with van der Waals surface area (Å²) in [7, 11) is -2.19. The first kappa shape index (κ1) is 15.1. The van der Waals surface area contributed by atoms with Crippen LogP contribution in [0.15, 0.2) is 17.0 Å². The third kappa shape index (κ3) is 3.23. The van der Waals surface area contributed by atoms with E-state index < -0.39 is 32.2 Å². The first-order valence-electron chi connectivity index (χ1n) is 6.00. The third-order valence-electron chi connectivity index (χ3n) is 3.09. The van der Waals surface area contributed by atoms with Crippen LogP contribution in [0.4, 0.5) is 14.5 Å². The van der Waals surface area contributed by atoms with Crippen molar-refractivity contribution in [2.45, 2.75) is 4.90 Å². The summed E-state index contributed by atoms with van der Waals surface area (Å²) in [6.07, 6.45) is 0. The van der Waals surface area contributed by atoms with Gasteiger partial charge in [-0.05, 0) is 13.1 Å². The maximum absolute atomic E-state index is 13.6. The fraction of sp³-hybridized carbons (Fsp3) is 0.455. The van der Waals surface area contributed by atoms with Gasteiger partial charge in [0.05, 0.1) is 5.69 Å². The zero-order valence-electron chi connectivity index (χ0n) is 10.9. The van der Waals surface area contributed by atoms with E-state index in [9.17, 15) is 17.2 Å². The third-order valence-corrected chi connectivity index (χ3v) is 4.48. The lowest BCUT2D eigenvalue weighted by Gasteiger charge is -2.32. The lowest BCUT2D eigenvalue weighted by molar-refractivity contribution is 0.134. The van der Waals surface area contributed by atoms with E-state index >= 15 is 0 Å². The lowest BCUT2D eigenvalue weighted by Crippen LogP contribution is -2.52. The van der Waals surface area contributed by atoms with Crippen molar-refractivity contribution in [2.75, 3.05) is 39.0 Å². The highest BCUT2D eigenvalue weighted by atomic mass is 32.2. The number of nitrogens with one attached hydrogen (secondary N) is 1. The Morgan fingerprint density at radius 2 is 1.75 bits per heavy atom. The second-order valence-corrected chi connectivity index (χ2v) is 6.32. The first-order chi connectivity index (χ1) is 9.29. The summed E-state index contributed by atoms with van der Waals surface area (Å²) in [6, 6.07) is 1.25. The molecule has 0 amide bonds. The number of sulfonamides is 1. The zero-order valence-corrected chi connectivity index (χ0v) is 11.8. The fourth-order valence-electron chi connectivity index (χ4n) is 1.87. The molecule has 2 rings (SSSR count). The van der Waals surface area contributed by atoms with Crippen LogP contribution in [0.25, 0.3) is 0 Å². The predicted octanol–water partition coefficient (Wildman–Crippen LogP) is -0.0123. The molecule has 9 heteroatoms. The highest BCUT2D eigenvalue weighted by Crippen LogP contribution is 2.21. The summed E-state index contributed by atoms with van der Waals surface area (Å²) in [4.78, 5) is 3.67. The van der Waals surface area contributed by atoms with E-state index in [-0.39, 0.29) is 0 Å². The molecule has 0 atom stereocenters. The fourth-order valence-corrected chi connectivity index (χ4v) is 3.09. The van der Waals surface area contributed by atoms with E-state index in [0.717, 1.165) is 6.07 Å². The van der Waals surface area contributed by atoms with Gasteiger partial charge in [0.1, 0.15) is 16.5 Å². The van der Waals surface area contributed by atoms with Crippen molar-refractivity contribution in [3.05, 3.63) is 23.8 Å². The van der Waals surface area contributed by atoms with E-state index in [4.69, 9.17) is 5.73 Å². The molecule has 1 aromatic rings. The number of hydrogen-bond acceptors (Lipinski definition) is 5. The Morgan fingerprint density at radius 1 is 1.15 bits per heavy atom. The van der Waals surface area contributed by atoms with Crippen LogP contribution in [0.3, 0.4) is 0 Å². The molecule has 112 valence electrons. The number of hydrazine groups is 1. The summed E-state index contributed by atoms with van der Waals surface area (Å²) >= 11 is 0. The second kappa shape index (κ2) is 5.60. The van der Waals surface area contributed by atoms with Crippen molar-refractivity contribution in [1.82, 2.24) is 14.7 Å². The summed E-state index contributed by atoms with van der Waals surface area (Å²) in [5.41, 5.74) is 4.87. The Bertz CT molecular complexity index is 601. The summed E-state index contributed by atoms with van der Waals surface area (Å²) in [5.74, 6) is -2.15. The standard InChI is InChI=1S/C11H16F2N4O2S/c1-16-2-4-17(5-3-16)15-20(18,19)11-7-10(14)8(12)6-9(11)13/h6-7,15H,2-5,14H2,1H3. The molecule has 6 nitrogen and oxygen atoms in total. The SMILES string of the molecule is CN1CCN(NS(=O)(=O)c2cc(N)c(F)cc2F)CC1. The number of anilines is 1. The molecule has 0 bridgehead atoms. The normalized spacial score (nSPS) is 18.4. The average molecular weight is 306 g/mol. The number of benzene rings is 1. The van der Waals surface area contributed by atoms with Crippen LogP contribution in [-0.4, -0.2) is 51.6 Å². The summed E-state index contributed by atoms with van der Waals surface area (Å²) in [6.45, 7) is 2.34. The lowest BCUT2D eigenvalue weighted by atomic mass is 10.3. The van der Waals surface area contributed by atoms with E-state index in [0.29, 0.717) is 32.2 Å². The Kier molecular flexibility index (Phi) is 4.23. The van der Waals surface area contributed by atoms with Gasteiger partial charge in [-0.2, -0.15) is 0 Å². The summed E-state index contributed by atoms with van der Waals surface area (Å²) < 4.78 is 50.8. The van der Waals surface area contributed by atoms with Gasteiger partial charge < -0.3 is 10.6 Å². The highest BCUT2D eigenvalue weighted by molar-refractivity contribution is 7.89. The largest absolute Gasteiger partial charge is 0.396 e. The molecule has 1 aliphatic rings. The number of halogens is 2. The van der Waals surface area contributed by atoms with Gasteiger partial charge in [0.15, 0.2) is 0 Å². The molecular formula is C11H16F2N4O2S. The molecule has 1 aliphatic heterocycles. The number of nitrogens with zero attached hydrogens (tertiary/aromatic N) is 2. The minimum Gasteiger partial charge on any atom is -0.396 e. The van der Waals surface area contributed by atoms with Gasteiger partial charge in [-0.3, -0.25) is 0 Å². The summed E-state index contributed by atoms with van der Waals surface area (Å²) in [5, 5.41) is 1.48. The molecular weight excluding hydrogens is 290 g/mol. The van der Waals surface area contributed by atoms with Crippen LogP contribution in [-0.2, 0) is 10.0 Å². The Morgan fingerprint density at radius 3 is 2.35 bits per heavy atom. The quantitative estimate of drug-likeness (QED) is 0.768. The molecule has 1 saturated heterocycles. The van der Waals surface area contributed by atoms with Crippen LogP contribution in [0.5, 0.6) is 0 Å². The molecule has 3 N–H and O–H groups in total. The van der Waals surface area contributed by atoms with Gasteiger partial charge >= 0.3 is 0 Å². The van der Waals surface area contributed by atoms with Gasteiger partial charge in [-0.1, -0.05) is 0 Å². The predicted molar refractivity (Wildman–Crippen MR) is 70.2 cm³/mol. The van der Waals surface area contributed by atoms with Crippen molar-refractivity contribution in [2.24, 2.45) is 0 Å². The first-order valence-corrected chi connectivity index (χ1v) is 7.48. The monoisotopic (exact) mass is 306 g/mol. The number of likely N-dealkylation sites (N-methyl/N-ethyl adjacent to an activating group) is 1. The van der Waals surface area contributed by atoms with E-state index in [1.807, 2.05) is 11.9 Å². The van der Waals surface area contributed by atoms with Gasteiger partial charge in [0, 0.05) is 32.2 Å². The smallest absolute Gasteiger partial charge is 0.256 e. The highest BCUT2D eigenvalue weighted by Gasteiger charge is 2.25. The van der Waals surface area contributed by atoms with Gasteiger partial charge in [-0.15, -0.1) is 4.83 Å². The molecule has 0 radical (unpaired) electrons. The van der Waals surface area contributed by atoms with Crippen molar-refractivity contribution in [3.63, 3.8) is 0 Å². The topological polar surface area (TPSA) is 78.7 Å². The minimum atomic E-state index is -4.11. The molecule has 0 aromatic heterocycles. The molecule has 0 aliphatic carbocycles. The molecule has 0 spiro atoms. The molecule has 0 saturated carbocycles. The van der Waals surface area contributed by atoms with Crippen molar-refractivity contribution in [3.8, 4) is 0 Å². The van der Waals surface area contributed by atoms with Crippen LogP contribution in [0.2, 0.25) is 0 Å². The molecule has 1 fully saturated rings. The Hall–Kier alpha value is -1.29. The maximum Gasteiger partial charge on any atom is 0.256 e. The van der Waals surface area contributed by atoms with Crippen molar-refractivity contribution >= 4 is 15.7 Å². The number of nitrogens with two attached hydrogens (primary N) is 1. The number of piperazine rings is 1. The average Bonchev–Trinajstić information content (AvgIpc) is 2.36. The number of nitrogen functional groups attached to an aromatic ring is 1. The van der Waals surface area contributed by atoms with Gasteiger partial charge in [0.2, 0.25) is 0 Å². The minimum absolute atomic E-state index is 0.412. The zero-order chi connectivity index (χ0) is 14.9. The van der Waals surface area contributed by atoms with Crippen LogP contribution < -0.4 is 10.6 Å². The van der Waals surface area contributed by atoms with E-state index in [1.54, 1.807) is 0 Å².